The normalized spacial score (nSPS) is 12.0. The maximum absolute atomic E-state index is 12.5. The van der Waals surface area contributed by atoms with Crippen LogP contribution in [0, 0.1) is 0 Å². The highest BCUT2D eigenvalue weighted by Crippen LogP contribution is 2.25. The predicted octanol–water partition coefficient (Wildman–Crippen LogP) is 4.44. The van der Waals surface area contributed by atoms with Gasteiger partial charge in [0.15, 0.2) is 5.78 Å². The fourth-order valence-corrected chi connectivity index (χ4v) is 2.97. The summed E-state index contributed by atoms with van der Waals surface area (Å²) in [6.07, 6.45) is 0. The lowest BCUT2D eigenvalue weighted by Crippen LogP contribution is -2.29. The van der Waals surface area contributed by atoms with Gasteiger partial charge in [-0.25, -0.2) is 0 Å². The van der Waals surface area contributed by atoms with E-state index >= 15 is 0 Å². The number of ketones is 1. The van der Waals surface area contributed by atoms with Crippen molar-refractivity contribution >= 4 is 34.6 Å². The van der Waals surface area contributed by atoms with Crippen molar-refractivity contribution in [2.45, 2.75) is 19.9 Å². The average Bonchev–Trinajstić information content (AvgIpc) is 2.96. The summed E-state index contributed by atoms with van der Waals surface area (Å²) in [4.78, 5) is 26.6. The fraction of sp³-hybridized carbons (Fsp3) is 0.250. The van der Waals surface area contributed by atoms with Crippen LogP contribution >= 0.6 is 22.9 Å². The van der Waals surface area contributed by atoms with Crippen molar-refractivity contribution in [1.29, 1.82) is 0 Å². The van der Waals surface area contributed by atoms with E-state index in [0.29, 0.717) is 14.8 Å². The second-order valence-electron chi connectivity index (χ2n) is 4.86. The van der Waals surface area contributed by atoms with Crippen molar-refractivity contribution in [2.75, 3.05) is 7.05 Å². The first-order valence-corrected chi connectivity index (χ1v) is 7.73. The van der Waals surface area contributed by atoms with Crippen molar-refractivity contribution in [2.24, 2.45) is 0 Å². The summed E-state index contributed by atoms with van der Waals surface area (Å²) in [6.45, 7) is 3.46. The van der Waals surface area contributed by atoms with Crippen LogP contribution in [0.15, 0.2) is 36.4 Å². The minimum absolute atomic E-state index is 0.0209. The number of amides is 1. The summed E-state index contributed by atoms with van der Waals surface area (Å²) in [7, 11) is 1.76. The number of Topliss-reactive ketones (excluding diaryl/α,β-unsaturated/α-hetero) is 1. The Bertz CT molecular complexity index is 663. The summed E-state index contributed by atoms with van der Waals surface area (Å²) in [6, 6.07) is 10.8. The van der Waals surface area contributed by atoms with Crippen LogP contribution in [0.2, 0.25) is 5.02 Å². The van der Waals surface area contributed by atoms with Gasteiger partial charge in [0.05, 0.1) is 15.8 Å². The van der Waals surface area contributed by atoms with E-state index in [4.69, 9.17) is 11.6 Å². The first-order valence-electron chi connectivity index (χ1n) is 6.53. The SMILES string of the molecule is CC(=O)c1ccc(C(=O)N(C)C(C)c2ccc(Cl)cc2)s1. The van der Waals surface area contributed by atoms with Crippen LogP contribution < -0.4 is 0 Å². The molecule has 1 aromatic heterocycles. The van der Waals surface area contributed by atoms with E-state index in [1.54, 1.807) is 24.1 Å². The van der Waals surface area contributed by atoms with Gasteiger partial charge < -0.3 is 4.90 Å². The van der Waals surface area contributed by atoms with E-state index in [1.165, 1.54) is 18.3 Å². The van der Waals surface area contributed by atoms with Gasteiger partial charge in [-0.05, 0) is 43.7 Å². The minimum Gasteiger partial charge on any atom is -0.334 e. The largest absolute Gasteiger partial charge is 0.334 e. The molecule has 1 atom stereocenters. The zero-order valence-electron chi connectivity index (χ0n) is 12.1. The Labute approximate surface area is 133 Å². The first kappa shape index (κ1) is 15.7. The van der Waals surface area contributed by atoms with Crippen LogP contribution in [0.5, 0.6) is 0 Å². The van der Waals surface area contributed by atoms with E-state index in [0.717, 1.165) is 5.56 Å². The molecule has 0 aliphatic rings. The number of thiophene rings is 1. The van der Waals surface area contributed by atoms with E-state index in [-0.39, 0.29) is 17.7 Å². The second kappa shape index (κ2) is 6.41. The number of carbonyl (C=O) groups excluding carboxylic acids is 2. The summed E-state index contributed by atoms with van der Waals surface area (Å²) < 4.78 is 0. The predicted molar refractivity (Wildman–Crippen MR) is 86.3 cm³/mol. The van der Waals surface area contributed by atoms with Gasteiger partial charge in [0, 0.05) is 12.1 Å². The molecule has 0 radical (unpaired) electrons. The molecule has 3 nitrogen and oxygen atoms in total. The summed E-state index contributed by atoms with van der Waals surface area (Å²) in [5, 5.41) is 0.671. The quantitative estimate of drug-likeness (QED) is 0.781. The topological polar surface area (TPSA) is 37.4 Å². The molecule has 0 bridgehead atoms. The molecular weight excluding hydrogens is 306 g/mol. The molecule has 5 heteroatoms. The summed E-state index contributed by atoms with van der Waals surface area (Å²) in [5.74, 6) is -0.109. The molecule has 2 aromatic rings. The Kier molecular flexibility index (Phi) is 4.80. The average molecular weight is 322 g/mol. The van der Waals surface area contributed by atoms with Gasteiger partial charge in [0.1, 0.15) is 0 Å². The molecule has 1 heterocycles. The molecule has 1 unspecified atom stereocenters. The Morgan fingerprint density at radius 2 is 1.67 bits per heavy atom. The molecule has 2 rings (SSSR count). The molecule has 1 amide bonds. The molecule has 0 fully saturated rings. The van der Waals surface area contributed by atoms with Gasteiger partial charge in [-0.1, -0.05) is 23.7 Å². The number of carbonyl (C=O) groups is 2. The van der Waals surface area contributed by atoms with Gasteiger partial charge >= 0.3 is 0 Å². The molecule has 0 saturated heterocycles. The molecule has 0 spiro atoms. The molecular formula is C16H16ClNO2S. The molecule has 110 valence electrons. The van der Waals surface area contributed by atoms with Gasteiger partial charge in [0.25, 0.3) is 5.91 Å². The third-order valence-electron chi connectivity index (χ3n) is 3.42. The molecule has 0 aliphatic carbocycles. The number of hydrogen-bond donors (Lipinski definition) is 0. The van der Waals surface area contributed by atoms with E-state index in [9.17, 15) is 9.59 Å². The smallest absolute Gasteiger partial charge is 0.264 e. The van der Waals surface area contributed by atoms with E-state index in [1.807, 2.05) is 31.2 Å². The Balaban J connectivity index is 2.17. The third-order valence-corrected chi connectivity index (χ3v) is 4.84. The molecule has 0 saturated carbocycles. The lowest BCUT2D eigenvalue weighted by molar-refractivity contribution is 0.0747. The van der Waals surface area contributed by atoms with Crippen molar-refractivity contribution in [1.82, 2.24) is 4.90 Å². The van der Waals surface area contributed by atoms with Crippen LogP contribution in [-0.2, 0) is 0 Å². The Morgan fingerprint density at radius 1 is 1.10 bits per heavy atom. The van der Waals surface area contributed by atoms with Crippen LogP contribution in [0.25, 0.3) is 0 Å². The standard InChI is InChI=1S/C16H16ClNO2S/c1-10(12-4-6-13(17)7-5-12)18(3)16(20)15-9-8-14(21-15)11(2)19/h4-10H,1-3H3. The lowest BCUT2D eigenvalue weighted by Gasteiger charge is -2.25. The van der Waals surface area contributed by atoms with Crippen LogP contribution in [0.4, 0.5) is 0 Å². The number of nitrogens with zero attached hydrogens (tertiary/aromatic N) is 1. The minimum atomic E-state index is -0.0880. The Morgan fingerprint density at radius 3 is 2.19 bits per heavy atom. The number of halogens is 1. The number of rotatable bonds is 4. The van der Waals surface area contributed by atoms with Gasteiger partial charge in [-0.15, -0.1) is 11.3 Å². The molecule has 1 aromatic carbocycles. The van der Waals surface area contributed by atoms with Crippen molar-refractivity contribution in [3.8, 4) is 0 Å². The van der Waals surface area contributed by atoms with Crippen molar-refractivity contribution < 1.29 is 9.59 Å². The zero-order chi connectivity index (χ0) is 15.6. The summed E-state index contributed by atoms with van der Waals surface area (Å²) in [5.41, 5.74) is 1.01. The van der Waals surface area contributed by atoms with Crippen molar-refractivity contribution in [3.05, 3.63) is 56.7 Å². The highest BCUT2D eigenvalue weighted by molar-refractivity contribution is 7.15. The number of hydrogen-bond acceptors (Lipinski definition) is 3. The highest BCUT2D eigenvalue weighted by Gasteiger charge is 2.20. The van der Waals surface area contributed by atoms with Gasteiger partial charge in [-0.2, -0.15) is 0 Å². The van der Waals surface area contributed by atoms with E-state index < -0.39 is 0 Å². The van der Waals surface area contributed by atoms with Crippen LogP contribution in [0.3, 0.4) is 0 Å². The summed E-state index contributed by atoms with van der Waals surface area (Å²) >= 11 is 7.11. The second-order valence-corrected chi connectivity index (χ2v) is 6.38. The van der Waals surface area contributed by atoms with Crippen molar-refractivity contribution in [3.63, 3.8) is 0 Å². The molecule has 0 aliphatic heterocycles. The fourth-order valence-electron chi connectivity index (χ4n) is 1.96. The maximum atomic E-state index is 12.5. The maximum Gasteiger partial charge on any atom is 0.264 e. The highest BCUT2D eigenvalue weighted by atomic mass is 35.5. The van der Waals surface area contributed by atoms with Gasteiger partial charge in [0.2, 0.25) is 0 Å². The molecule has 0 N–H and O–H groups in total. The lowest BCUT2D eigenvalue weighted by atomic mass is 10.1. The number of benzene rings is 1. The van der Waals surface area contributed by atoms with Gasteiger partial charge in [-0.3, -0.25) is 9.59 Å². The first-order chi connectivity index (χ1) is 9.90. The Hall–Kier alpha value is -1.65. The monoisotopic (exact) mass is 321 g/mol. The van der Waals surface area contributed by atoms with Crippen LogP contribution in [0.1, 0.15) is 44.8 Å². The third kappa shape index (κ3) is 3.52. The zero-order valence-corrected chi connectivity index (χ0v) is 13.7. The van der Waals surface area contributed by atoms with E-state index in [2.05, 4.69) is 0 Å². The molecule has 21 heavy (non-hydrogen) atoms. The van der Waals surface area contributed by atoms with Crippen LogP contribution in [-0.4, -0.2) is 23.6 Å².